The molecule has 2 aromatic rings. The van der Waals surface area contributed by atoms with E-state index in [4.69, 9.17) is 27.9 Å². The molecular formula is C17H13Cl2NO4. The van der Waals surface area contributed by atoms with Crippen LogP contribution in [-0.4, -0.2) is 30.8 Å². The van der Waals surface area contributed by atoms with Crippen LogP contribution in [0.25, 0.3) is 0 Å². The van der Waals surface area contributed by atoms with Gasteiger partial charge in [-0.3, -0.25) is 14.4 Å². The SMILES string of the molecule is O=C(CNC(=O)c1ccccc1)OCC(=O)c1ccc(Cl)cc1Cl. The van der Waals surface area contributed by atoms with E-state index in [1.807, 2.05) is 0 Å². The van der Waals surface area contributed by atoms with Crippen LogP contribution in [0, 0.1) is 0 Å². The van der Waals surface area contributed by atoms with Gasteiger partial charge in [-0.05, 0) is 30.3 Å². The molecule has 0 fully saturated rings. The minimum Gasteiger partial charge on any atom is -0.456 e. The summed E-state index contributed by atoms with van der Waals surface area (Å²) in [5.74, 6) is -1.59. The first kappa shape index (κ1) is 18.0. The van der Waals surface area contributed by atoms with Gasteiger partial charge in [0.1, 0.15) is 6.54 Å². The number of carbonyl (C=O) groups is 3. The summed E-state index contributed by atoms with van der Waals surface area (Å²) >= 11 is 11.7. The second kappa shape index (κ2) is 8.47. The minimum absolute atomic E-state index is 0.181. The maximum absolute atomic E-state index is 11.9. The molecule has 0 spiro atoms. The van der Waals surface area contributed by atoms with Crippen LogP contribution < -0.4 is 5.32 Å². The van der Waals surface area contributed by atoms with E-state index in [0.29, 0.717) is 10.6 Å². The molecule has 24 heavy (non-hydrogen) atoms. The number of esters is 1. The van der Waals surface area contributed by atoms with Gasteiger partial charge in [-0.2, -0.15) is 0 Å². The van der Waals surface area contributed by atoms with Gasteiger partial charge in [0.25, 0.3) is 5.91 Å². The molecule has 0 aliphatic carbocycles. The summed E-state index contributed by atoms with van der Waals surface area (Å²) in [7, 11) is 0. The standard InChI is InChI=1S/C17H13Cl2NO4/c18-12-6-7-13(14(19)8-12)15(21)10-24-16(22)9-20-17(23)11-4-2-1-3-5-11/h1-8H,9-10H2,(H,20,23). The van der Waals surface area contributed by atoms with Crippen LogP contribution >= 0.6 is 23.2 Å². The fourth-order valence-electron chi connectivity index (χ4n) is 1.83. The lowest BCUT2D eigenvalue weighted by molar-refractivity contribution is -0.141. The van der Waals surface area contributed by atoms with Gasteiger partial charge < -0.3 is 10.1 Å². The maximum atomic E-state index is 11.9. The molecule has 0 aromatic heterocycles. The molecule has 0 atom stereocenters. The molecule has 1 N–H and O–H groups in total. The van der Waals surface area contributed by atoms with E-state index in [1.165, 1.54) is 18.2 Å². The molecule has 1 amide bonds. The van der Waals surface area contributed by atoms with Crippen LogP contribution in [0.5, 0.6) is 0 Å². The molecule has 0 saturated carbocycles. The van der Waals surface area contributed by atoms with Crippen molar-refractivity contribution in [3.05, 3.63) is 69.7 Å². The molecule has 0 bridgehead atoms. The van der Waals surface area contributed by atoms with Crippen LogP contribution in [0.3, 0.4) is 0 Å². The Morgan fingerprint density at radius 2 is 1.71 bits per heavy atom. The van der Waals surface area contributed by atoms with Crippen molar-refractivity contribution in [2.24, 2.45) is 0 Å². The number of ether oxygens (including phenoxy) is 1. The Morgan fingerprint density at radius 1 is 1.00 bits per heavy atom. The number of rotatable bonds is 6. The first-order valence-electron chi connectivity index (χ1n) is 6.94. The van der Waals surface area contributed by atoms with E-state index in [-0.39, 0.29) is 17.1 Å². The maximum Gasteiger partial charge on any atom is 0.325 e. The normalized spacial score (nSPS) is 10.1. The Hall–Kier alpha value is -2.37. The molecule has 2 aromatic carbocycles. The lowest BCUT2D eigenvalue weighted by Gasteiger charge is -2.07. The number of carbonyl (C=O) groups excluding carboxylic acids is 3. The molecule has 0 radical (unpaired) electrons. The summed E-state index contributed by atoms with van der Waals surface area (Å²) in [6.45, 7) is -0.809. The number of Topliss-reactive ketones (excluding diaryl/α,β-unsaturated/α-hetero) is 1. The Morgan fingerprint density at radius 3 is 2.38 bits per heavy atom. The van der Waals surface area contributed by atoms with Gasteiger partial charge in [-0.15, -0.1) is 0 Å². The monoisotopic (exact) mass is 365 g/mol. The fraction of sp³-hybridized carbons (Fsp3) is 0.118. The lowest BCUT2D eigenvalue weighted by Crippen LogP contribution is -2.31. The van der Waals surface area contributed by atoms with E-state index < -0.39 is 24.3 Å². The molecule has 0 heterocycles. The molecule has 0 aliphatic heterocycles. The van der Waals surface area contributed by atoms with E-state index >= 15 is 0 Å². The molecule has 5 nitrogen and oxygen atoms in total. The van der Waals surface area contributed by atoms with Gasteiger partial charge in [0, 0.05) is 16.1 Å². The molecular weight excluding hydrogens is 353 g/mol. The van der Waals surface area contributed by atoms with Gasteiger partial charge >= 0.3 is 5.97 Å². The van der Waals surface area contributed by atoms with Crippen LogP contribution in [0.4, 0.5) is 0 Å². The van der Waals surface area contributed by atoms with Gasteiger partial charge in [0.15, 0.2) is 6.61 Å². The topological polar surface area (TPSA) is 72.5 Å². The third-order valence-corrected chi connectivity index (χ3v) is 3.57. The fourth-order valence-corrected chi connectivity index (χ4v) is 2.35. The summed E-state index contributed by atoms with van der Waals surface area (Å²) in [6, 6.07) is 12.8. The number of amides is 1. The number of hydrogen-bond acceptors (Lipinski definition) is 4. The van der Waals surface area contributed by atoms with Crippen molar-refractivity contribution in [3.8, 4) is 0 Å². The van der Waals surface area contributed by atoms with E-state index in [2.05, 4.69) is 5.32 Å². The van der Waals surface area contributed by atoms with Crippen LogP contribution in [0.2, 0.25) is 10.0 Å². The van der Waals surface area contributed by atoms with E-state index in [0.717, 1.165) is 0 Å². The average molecular weight is 366 g/mol. The van der Waals surface area contributed by atoms with Crippen LogP contribution in [0.15, 0.2) is 48.5 Å². The summed E-state index contributed by atoms with van der Waals surface area (Å²) in [4.78, 5) is 35.3. The van der Waals surface area contributed by atoms with Crippen molar-refractivity contribution < 1.29 is 19.1 Å². The highest BCUT2D eigenvalue weighted by Crippen LogP contribution is 2.21. The molecule has 2 rings (SSSR count). The first-order valence-corrected chi connectivity index (χ1v) is 7.70. The second-order valence-electron chi connectivity index (χ2n) is 4.76. The Labute approximate surface area is 148 Å². The molecule has 0 aliphatic rings. The third kappa shape index (κ3) is 5.08. The lowest BCUT2D eigenvalue weighted by atomic mass is 10.1. The van der Waals surface area contributed by atoms with Gasteiger partial charge in [-0.25, -0.2) is 0 Å². The van der Waals surface area contributed by atoms with Gasteiger partial charge in [0.2, 0.25) is 5.78 Å². The second-order valence-corrected chi connectivity index (χ2v) is 5.60. The highest BCUT2D eigenvalue weighted by molar-refractivity contribution is 6.36. The highest BCUT2D eigenvalue weighted by atomic mass is 35.5. The zero-order valence-corrected chi connectivity index (χ0v) is 13.9. The van der Waals surface area contributed by atoms with Crippen molar-refractivity contribution in [1.29, 1.82) is 0 Å². The summed E-state index contributed by atoms with van der Waals surface area (Å²) in [5, 5.41) is 2.99. The van der Waals surface area contributed by atoms with Crippen molar-refractivity contribution in [1.82, 2.24) is 5.32 Å². The van der Waals surface area contributed by atoms with E-state index in [9.17, 15) is 14.4 Å². The zero-order chi connectivity index (χ0) is 17.5. The highest BCUT2D eigenvalue weighted by Gasteiger charge is 2.14. The summed E-state index contributed by atoms with van der Waals surface area (Å²) in [6.07, 6.45) is 0. The smallest absolute Gasteiger partial charge is 0.325 e. The Kier molecular flexibility index (Phi) is 6.35. The Balaban J connectivity index is 1.80. The predicted molar refractivity (Wildman–Crippen MR) is 90.5 cm³/mol. The van der Waals surface area contributed by atoms with Crippen molar-refractivity contribution in [3.63, 3.8) is 0 Å². The van der Waals surface area contributed by atoms with Crippen LogP contribution in [-0.2, 0) is 9.53 Å². The summed E-state index contributed by atoms with van der Waals surface area (Å²) < 4.78 is 4.83. The largest absolute Gasteiger partial charge is 0.456 e. The van der Waals surface area contributed by atoms with Gasteiger partial charge in [-0.1, -0.05) is 41.4 Å². The molecule has 0 unspecified atom stereocenters. The van der Waals surface area contributed by atoms with Crippen molar-refractivity contribution >= 4 is 40.9 Å². The number of ketones is 1. The summed E-state index contributed by atoms with van der Waals surface area (Å²) in [5.41, 5.74) is 0.636. The van der Waals surface area contributed by atoms with E-state index in [1.54, 1.807) is 30.3 Å². The van der Waals surface area contributed by atoms with Gasteiger partial charge in [0.05, 0.1) is 5.02 Å². The van der Waals surface area contributed by atoms with Crippen molar-refractivity contribution in [2.75, 3.05) is 13.2 Å². The Bertz CT molecular complexity index is 762. The van der Waals surface area contributed by atoms with Crippen LogP contribution in [0.1, 0.15) is 20.7 Å². The average Bonchev–Trinajstić information content (AvgIpc) is 2.58. The van der Waals surface area contributed by atoms with Crippen molar-refractivity contribution in [2.45, 2.75) is 0 Å². The number of nitrogens with one attached hydrogen (secondary N) is 1. The minimum atomic E-state index is -0.724. The number of benzene rings is 2. The quantitative estimate of drug-likeness (QED) is 0.630. The molecule has 124 valence electrons. The number of halogens is 2. The number of hydrogen-bond donors (Lipinski definition) is 1. The zero-order valence-electron chi connectivity index (χ0n) is 12.4. The predicted octanol–water partition coefficient (Wildman–Crippen LogP) is 3.15. The first-order chi connectivity index (χ1) is 11.5. The third-order valence-electron chi connectivity index (χ3n) is 3.03. The molecule has 0 saturated heterocycles. The molecule has 7 heteroatoms.